The molecule has 2 aromatic carbocycles. The van der Waals surface area contributed by atoms with Crippen molar-refractivity contribution >= 4 is 17.5 Å². The van der Waals surface area contributed by atoms with E-state index in [-0.39, 0.29) is 6.54 Å². The third kappa shape index (κ3) is 6.10. The lowest BCUT2D eigenvalue weighted by atomic mass is 10.1. The fraction of sp³-hybridized carbons (Fsp3) is 0.263. The molecule has 8 heteroatoms. The van der Waals surface area contributed by atoms with Gasteiger partial charge in [-0.05, 0) is 29.7 Å². The minimum atomic E-state index is -4.93. The van der Waals surface area contributed by atoms with Crippen molar-refractivity contribution in [3.63, 3.8) is 0 Å². The van der Waals surface area contributed by atoms with Gasteiger partial charge in [-0.1, -0.05) is 42.5 Å². The minimum absolute atomic E-state index is 0.238. The Balaban J connectivity index is 1.98. The molecule has 0 saturated heterocycles. The van der Waals surface area contributed by atoms with Crippen LogP contribution < -0.4 is 11.1 Å². The van der Waals surface area contributed by atoms with Crippen molar-refractivity contribution in [3.8, 4) is 0 Å². The van der Waals surface area contributed by atoms with Crippen molar-refractivity contribution in [2.45, 2.75) is 25.2 Å². The summed E-state index contributed by atoms with van der Waals surface area (Å²) in [6.45, 7) is -0.238. The Hall–Kier alpha value is -2.87. The lowest BCUT2D eigenvalue weighted by Gasteiger charge is -2.19. The maximum atomic E-state index is 12.5. The molecule has 0 saturated carbocycles. The number of hydrogen-bond donors (Lipinski definition) is 2. The molecule has 2 aromatic rings. The van der Waals surface area contributed by atoms with Gasteiger partial charge >= 0.3 is 12.1 Å². The number of halogens is 3. The van der Waals surface area contributed by atoms with E-state index in [0.717, 1.165) is 12.6 Å². The number of alkyl halides is 3. The van der Waals surface area contributed by atoms with Gasteiger partial charge < -0.3 is 16.0 Å². The molecule has 0 aliphatic rings. The molecule has 2 amide bonds. The summed E-state index contributed by atoms with van der Waals surface area (Å²) in [5.41, 5.74) is 7.68. The first kappa shape index (κ1) is 20.4. The molecule has 5 nitrogen and oxygen atoms in total. The average Bonchev–Trinajstić information content (AvgIpc) is 2.61. The summed E-state index contributed by atoms with van der Waals surface area (Å²) < 4.78 is 37.4. The maximum absolute atomic E-state index is 12.5. The molecule has 0 fully saturated rings. The van der Waals surface area contributed by atoms with Gasteiger partial charge in [0.05, 0.1) is 6.04 Å². The highest BCUT2D eigenvalue weighted by atomic mass is 19.4. The Kier molecular flexibility index (Phi) is 6.57. The van der Waals surface area contributed by atoms with Crippen molar-refractivity contribution in [1.29, 1.82) is 0 Å². The Bertz CT molecular complexity index is 794. The predicted octanol–water partition coefficient (Wildman–Crippen LogP) is 2.72. The quantitative estimate of drug-likeness (QED) is 0.810. The lowest BCUT2D eigenvalue weighted by molar-refractivity contribution is -0.184. The summed E-state index contributed by atoms with van der Waals surface area (Å²) in [6, 6.07) is 14.8. The smallest absolute Gasteiger partial charge is 0.334 e. The number of anilines is 1. The van der Waals surface area contributed by atoms with Gasteiger partial charge in [-0.15, -0.1) is 0 Å². The van der Waals surface area contributed by atoms with Gasteiger partial charge in [0.2, 0.25) is 5.91 Å². The number of carbonyl (C=O) groups excluding carboxylic acids is 2. The fourth-order valence-corrected chi connectivity index (χ4v) is 2.51. The fourth-order valence-electron chi connectivity index (χ4n) is 2.51. The predicted molar refractivity (Wildman–Crippen MR) is 95.7 cm³/mol. The molecule has 0 bridgehead atoms. The highest BCUT2D eigenvalue weighted by molar-refractivity contribution is 5.94. The first-order valence-electron chi connectivity index (χ1n) is 8.18. The number of nitrogens with zero attached hydrogens (tertiary/aromatic N) is 1. The molecule has 2 rings (SSSR count). The van der Waals surface area contributed by atoms with E-state index in [1.54, 1.807) is 18.2 Å². The van der Waals surface area contributed by atoms with Crippen LogP contribution in [-0.2, 0) is 22.6 Å². The molecule has 27 heavy (non-hydrogen) atoms. The van der Waals surface area contributed by atoms with Crippen LogP contribution in [0, 0.1) is 0 Å². The lowest BCUT2D eigenvalue weighted by Crippen LogP contribution is -2.38. The molecule has 0 heterocycles. The zero-order valence-corrected chi connectivity index (χ0v) is 14.7. The van der Waals surface area contributed by atoms with E-state index < -0.39 is 24.0 Å². The second-order valence-corrected chi connectivity index (χ2v) is 6.14. The van der Waals surface area contributed by atoms with Gasteiger partial charge in [-0.25, -0.2) is 0 Å². The topological polar surface area (TPSA) is 75.4 Å². The molecule has 0 aromatic heterocycles. The maximum Gasteiger partial charge on any atom is 0.471 e. The van der Waals surface area contributed by atoms with Crippen LogP contribution in [0.15, 0.2) is 54.6 Å². The van der Waals surface area contributed by atoms with Gasteiger partial charge in [0, 0.05) is 19.3 Å². The number of hydrogen-bond acceptors (Lipinski definition) is 3. The van der Waals surface area contributed by atoms with Gasteiger partial charge in [-0.3, -0.25) is 9.59 Å². The number of nitrogens with one attached hydrogen (secondary N) is 1. The zero-order chi connectivity index (χ0) is 20.0. The summed E-state index contributed by atoms with van der Waals surface area (Å²) in [4.78, 5) is 24.0. The van der Waals surface area contributed by atoms with Crippen LogP contribution >= 0.6 is 0 Å². The molecule has 0 aliphatic carbocycles. The Labute approximate surface area is 155 Å². The third-order valence-electron chi connectivity index (χ3n) is 3.84. The van der Waals surface area contributed by atoms with E-state index >= 15 is 0 Å². The van der Waals surface area contributed by atoms with E-state index in [0.29, 0.717) is 22.6 Å². The van der Waals surface area contributed by atoms with Gasteiger partial charge in [0.1, 0.15) is 0 Å². The first-order chi connectivity index (χ1) is 12.7. The van der Waals surface area contributed by atoms with E-state index in [1.807, 2.05) is 30.3 Å². The van der Waals surface area contributed by atoms with Gasteiger partial charge in [-0.2, -0.15) is 13.2 Å². The summed E-state index contributed by atoms with van der Waals surface area (Å²) in [6.07, 6.45) is -4.57. The van der Waals surface area contributed by atoms with Crippen LogP contribution in [-0.4, -0.2) is 36.0 Å². The summed E-state index contributed by atoms with van der Waals surface area (Å²) in [5, 5.41) is 2.65. The number of benzene rings is 2. The van der Waals surface area contributed by atoms with Crippen LogP contribution in [0.4, 0.5) is 18.9 Å². The van der Waals surface area contributed by atoms with Crippen LogP contribution in [0.3, 0.4) is 0 Å². The number of rotatable bonds is 6. The van der Waals surface area contributed by atoms with E-state index in [2.05, 4.69) is 5.32 Å². The largest absolute Gasteiger partial charge is 0.471 e. The van der Waals surface area contributed by atoms with Gasteiger partial charge in [0.25, 0.3) is 0 Å². The summed E-state index contributed by atoms with van der Waals surface area (Å²) in [5.74, 6) is -2.34. The Morgan fingerprint density at radius 3 is 2.33 bits per heavy atom. The molecule has 1 atom stereocenters. The monoisotopic (exact) mass is 379 g/mol. The molecule has 144 valence electrons. The molecule has 0 unspecified atom stereocenters. The average molecular weight is 379 g/mol. The van der Waals surface area contributed by atoms with E-state index in [1.165, 1.54) is 6.07 Å². The summed E-state index contributed by atoms with van der Waals surface area (Å²) in [7, 11) is 1.07. The molecular formula is C19H20F3N3O2. The second-order valence-electron chi connectivity index (χ2n) is 6.14. The van der Waals surface area contributed by atoms with Crippen molar-refractivity contribution in [2.75, 3.05) is 12.4 Å². The molecular weight excluding hydrogens is 359 g/mol. The minimum Gasteiger partial charge on any atom is -0.334 e. The van der Waals surface area contributed by atoms with Crippen molar-refractivity contribution in [2.24, 2.45) is 5.73 Å². The first-order valence-corrected chi connectivity index (χ1v) is 8.18. The van der Waals surface area contributed by atoms with Crippen LogP contribution in [0.2, 0.25) is 0 Å². The molecule has 0 aliphatic heterocycles. The molecule has 0 spiro atoms. The van der Waals surface area contributed by atoms with Crippen LogP contribution in [0.1, 0.15) is 11.1 Å². The Morgan fingerprint density at radius 2 is 1.70 bits per heavy atom. The van der Waals surface area contributed by atoms with Crippen molar-refractivity contribution in [1.82, 2.24) is 4.90 Å². The number of nitrogens with two attached hydrogens (primary N) is 1. The summed E-state index contributed by atoms with van der Waals surface area (Å²) >= 11 is 0. The number of carbonyl (C=O) groups is 2. The van der Waals surface area contributed by atoms with Crippen molar-refractivity contribution in [3.05, 3.63) is 65.7 Å². The van der Waals surface area contributed by atoms with E-state index in [4.69, 9.17) is 5.73 Å². The molecule has 0 radical (unpaired) electrons. The zero-order valence-electron chi connectivity index (χ0n) is 14.7. The van der Waals surface area contributed by atoms with Gasteiger partial charge in [0.15, 0.2) is 0 Å². The Morgan fingerprint density at radius 1 is 1.07 bits per heavy atom. The van der Waals surface area contributed by atoms with E-state index in [9.17, 15) is 22.8 Å². The highest BCUT2D eigenvalue weighted by Crippen LogP contribution is 2.20. The third-order valence-corrected chi connectivity index (χ3v) is 3.84. The highest BCUT2D eigenvalue weighted by Gasteiger charge is 2.41. The molecule has 3 N–H and O–H groups in total. The SMILES string of the molecule is CN(Cc1cccc(NC(=O)[C@@H](N)Cc2ccccc2)c1)C(=O)C(F)(F)F. The van der Waals surface area contributed by atoms with Crippen LogP contribution in [0.25, 0.3) is 0 Å². The van der Waals surface area contributed by atoms with Crippen LogP contribution in [0.5, 0.6) is 0 Å². The number of amides is 2. The van der Waals surface area contributed by atoms with Crippen molar-refractivity contribution < 1.29 is 22.8 Å². The normalized spacial score (nSPS) is 12.3. The standard InChI is InChI=1S/C19H20F3N3O2/c1-25(18(27)19(20,21)22)12-14-8-5-9-15(10-14)24-17(26)16(23)11-13-6-3-2-4-7-13/h2-10,16H,11-12,23H2,1H3,(H,24,26)/t16-/m0/s1. The second kappa shape index (κ2) is 8.68.